The molecule has 0 aliphatic heterocycles. The molecule has 6 rings (SSSR count). The third-order valence-electron chi connectivity index (χ3n) is 9.91. The van der Waals surface area contributed by atoms with Gasteiger partial charge in [0.1, 0.15) is 5.75 Å². The fraction of sp³-hybridized carbons (Fsp3) is 0.516. The van der Waals surface area contributed by atoms with Gasteiger partial charge in [0.15, 0.2) is 34.7 Å². The fourth-order valence-corrected chi connectivity index (χ4v) is 7.92. The molecule has 1 amide bonds. The Bertz CT molecular complexity index is 1490. The number of ketones is 4. The second-order valence-electron chi connectivity index (χ2n) is 12.4. The van der Waals surface area contributed by atoms with Crippen LogP contribution in [0.5, 0.6) is 5.75 Å². The van der Waals surface area contributed by atoms with E-state index in [0.717, 1.165) is 25.7 Å². The maximum Gasteiger partial charge on any atom is 0.235 e. The summed E-state index contributed by atoms with van der Waals surface area (Å²) in [5.41, 5.74) is 5.07. The van der Waals surface area contributed by atoms with Crippen molar-refractivity contribution in [2.24, 2.45) is 29.4 Å². The van der Waals surface area contributed by atoms with Crippen molar-refractivity contribution in [1.29, 1.82) is 0 Å². The highest BCUT2D eigenvalue weighted by molar-refractivity contribution is 6.32. The van der Waals surface area contributed by atoms with E-state index >= 15 is 0 Å². The molecule has 0 radical (unpaired) electrons. The minimum atomic E-state index is -2.75. The van der Waals surface area contributed by atoms with E-state index in [-0.39, 0.29) is 24.2 Å². The molecule has 1 aromatic heterocycles. The highest BCUT2D eigenvalue weighted by Gasteiger charge is 2.69. The molecule has 11 heteroatoms. The maximum absolute atomic E-state index is 14.2. The lowest BCUT2D eigenvalue weighted by atomic mass is 9.52. The number of furan rings is 1. The summed E-state index contributed by atoms with van der Waals surface area (Å²) < 4.78 is 5.33. The lowest BCUT2D eigenvalue weighted by molar-refractivity contribution is -0.181. The lowest BCUT2D eigenvalue weighted by Crippen LogP contribution is -2.74. The first-order valence-electron chi connectivity index (χ1n) is 14.4. The zero-order chi connectivity index (χ0) is 30.1. The van der Waals surface area contributed by atoms with Crippen LogP contribution in [0.1, 0.15) is 53.6 Å². The number of hydrogen-bond donors (Lipinski definition) is 4. The molecule has 42 heavy (non-hydrogen) atoms. The Balaban J connectivity index is 1.46. The lowest BCUT2D eigenvalue weighted by Gasteiger charge is -2.52. The van der Waals surface area contributed by atoms with Crippen LogP contribution in [0.25, 0.3) is 11.1 Å². The van der Waals surface area contributed by atoms with Crippen molar-refractivity contribution >= 4 is 29.0 Å². The minimum absolute atomic E-state index is 0.000467. The van der Waals surface area contributed by atoms with Gasteiger partial charge in [0.2, 0.25) is 5.91 Å². The third kappa shape index (κ3) is 4.09. The van der Waals surface area contributed by atoms with Gasteiger partial charge in [-0.05, 0) is 69.0 Å². The number of amides is 1. The summed E-state index contributed by atoms with van der Waals surface area (Å²) in [6.45, 7) is 0.307. The first-order valence-corrected chi connectivity index (χ1v) is 14.4. The molecule has 0 spiro atoms. The van der Waals surface area contributed by atoms with Gasteiger partial charge in [0.05, 0.1) is 30.0 Å². The predicted molar refractivity (Wildman–Crippen MR) is 148 cm³/mol. The number of carbonyl (C=O) groups excluding carboxylic acids is 5. The van der Waals surface area contributed by atoms with E-state index < -0.39 is 64.4 Å². The van der Waals surface area contributed by atoms with E-state index in [4.69, 9.17) is 10.2 Å². The van der Waals surface area contributed by atoms with Gasteiger partial charge in [0, 0.05) is 29.6 Å². The number of nitrogens with zero attached hydrogens (tertiary/aromatic N) is 1. The number of phenols is 1. The molecule has 6 atom stereocenters. The highest BCUT2D eigenvalue weighted by Crippen LogP contribution is 2.52. The first-order chi connectivity index (χ1) is 20.0. The van der Waals surface area contributed by atoms with Gasteiger partial charge in [-0.1, -0.05) is 12.8 Å². The van der Waals surface area contributed by atoms with Crippen LogP contribution in [0.3, 0.4) is 0 Å². The summed E-state index contributed by atoms with van der Waals surface area (Å²) in [5.74, 6) is -10.5. The van der Waals surface area contributed by atoms with Crippen molar-refractivity contribution in [1.82, 2.24) is 10.2 Å². The Morgan fingerprint density at radius 2 is 1.88 bits per heavy atom. The van der Waals surface area contributed by atoms with Crippen LogP contribution in [0.2, 0.25) is 0 Å². The van der Waals surface area contributed by atoms with E-state index in [1.807, 2.05) is 6.07 Å². The van der Waals surface area contributed by atoms with Crippen molar-refractivity contribution in [3.05, 3.63) is 41.3 Å². The molecule has 1 heterocycles. The molecule has 11 nitrogen and oxygen atoms in total. The molecular weight excluding hydrogens is 542 g/mol. The zero-order valence-corrected chi connectivity index (χ0v) is 23.6. The molecule has 2 aromatic rings. The molecule has 3 unspecified atom stereocenters. The van der Waals surface area contributed by atoms with Gasteiger partial charge < -0.3 is 25.7 Å². The van der Waals surface area contributed by atoms with Crippen LogP contribution >= 0.6 is 0 Å². The summed E-state index contributed by atoms with van der Waals surface area (Å²) in [4.78, 5) is 68.8. The Kier molecular flexibility index (Phi) is 6.94. The smallest absolute Gasteiger partial charge is 0.235 e. The van der Waals surface area contributed by atoms with Crippen molar-refractivity contribution in [3.63, 3.8) is 0 Å². The number of carbonyl (C=O) groups is 5. The van der Waals surface area contributed by atoms with Crippen LogP contribution in [-0.2, 0) is 32.1 Å². The van der Waals surface area contributed by atoms with Crippen molar-refractivity contribution in [2.75, 3.05) is 14.1 Å². The number of fused-ring (bicyclic) bond motifs is 3. The molecule has 5 N–H and O–H groups in total. The quantitative estimate of drug-likeness (QED) is 0.364. The topological polar surface area (TPSA) is 180 Å². The molecule has 4 aliphatic carbocycles. The van der Waals surface area contributed by atoms with E-state index in [2.05, 4.69) is 5.32 Å². The van der Waals surface area contributed by atoms with Gasteiger partial charge in [0.25, 0.3) is 0 Å². The summed E-state index contributed by atoms with van der Waals surface area (Å²) in [6.07, 6.45) is 7.54. The van der Waals surface area contributed by atoms with Gasteiger partial charge in [-0.15, -0.1) is 0 Å². The normalized spacial score (nSPS) is 31.3. The SMILES string of the molecule is CN(C)C1C(=O)C(C(N)=O)C(=O)[C@]2(O)C(=O)C3C(=O)c4c(O)c(CNC5CCCC5)cc(-c5ccoc5)c4C[C@@H]3C[C@H]12. The number of nitrogens with one attached hydrogen (secondary N) is 1. The Hall–Kier alpha value is -3.67. The average molecular weight is 578 g/mol. The third-order valence-corrected chi connectivity index (χ3v) is 9.91. The number of rotatable bonds is 6. The van der Waals surface area contributed by atoms with Gasteiger partial charge >= 0.3 is 0 Å². The molecule has 222 valence electrons. The monoisotopic (exact) mass is 577 g/mol. The fourth-order valence-electron chi connectivity index (χ4n) is 7.92. The molecule has 0 saturated heterocycles. The van der Waals surface area contributed by atoms with Crippen LogP contribution in [0, 0.1) is 23.7 Å². The first kappa shape index (κ1) is 28.4. The number of aromatic hydroxyl groups is 1. The molecule has 3 saturated carbocycles. The van der Waals surface area contributed by atoms with Gasteiger partial charge in [-0.25, -0.2) is 0 Å². The van der Waals surface area contributed by atoms with Crippen LogP contribution in [0.15, 0.2) is 29.1 Å². The van der Waals surface area contributed by atoms with Gasteiger partial charge in [-0.2, -0.15) is 0 Å². The van der Waals surface area contributed by atoms with Crippen LogP contribution in [-0.4, -0.2) is 75.9 Å². The standard InChI is InChI=1S/C31H35N3O8/c1-34(2)24-20-11-15-9-19-18(14-7-8-42-13-14)10-16(12-33-17-5-3-4-6-17)25(35)22(19)26(36)21(15)28(38)31(20,41)29(39)23(27(24)37)30(32)40/h7-8,10,13,15,17,20-21,23-24,33,35,41H,3-6,9,11-12H2,1-2H3,(H2,32,40)/t15-,20-,21?,23?,24?,31-/m1/s1. The second kappa shape index (κ2) is 10.3. The number of Topliss-reactive ketones (excluding diaryl/α,β-unsaturated/α-hetero) is 4. The minimum Gasteiger partial charge on any atom is -0.507 e. The molecule has 0 bridgehead atoms. The number of phenolic OH excluding ortho intramolecular Hbond substituents is 1. The van der Waals surface area contributed by atoms with E-state index in [0.29, 0.717) is 34.8 Å². The Labute approximate surface area is 242 Å². The average Bonchev–Trinajstić information content (AvgIpc) is 3.65. The summed E-state index contributed by atoms with van der Waals surface area (Å²) in [6, 6.07) is 2.75. The molecule has 4 aliphatic rings. The van der Waals surface area contributed by atoms with Crippen LogP contribution in [0.4, 0.5) is 0 Å². The Morgan fingerprint density at radius 1 is 1.17 bits per heavy atom. The largest absolute Gasteiger partial charge is 0.507 e. The van der Waals surface area contributed by atoms with Crippen molar-refractivity contribution < 1.29 is 38.6 Å². The van der Waals surface area contributed by atoms with E-state index in [9.17, 15) is 34.2 Å². The summed E-state index contributed by atoms with van der Waals surface area (Å²) in [7, 11) is 3.12. The molecule has 3 fully saturated rings. The number of aliphatic hydroxyl groups is 1. The number of primary amides is 1. The molecule has 1 aromatic carbocycles. The maximum atomic E-state index is 14.2. The number of benzene rings is 1. The zero-order valence-electron chi connectivity index (χ0n) is 23.6. The van der Waals surface area contributed by atoms with Crippen molar-refractivity contribution in [2.45, 2.75) is 62.8 Å². The van der Waals surface area contributed by atoms with E-state index in [1.165, 1.54) is 11.2 Å². The van der Waals surface area contributed by atoms with Gasteiger partial charge in [-0.3, -0.25) is 28.9 Å². The van der Waals surface area contributed by atoms with Crippen LogP contribution < -0.4 is 11.1 Å². The summed E-state index contributed by atoms with van der Waals surface area (Å²) >= 11 is 0. The second-order valence-corrected chi connectivity index (χ2v) is 12.4. The highest BCUT2D eigenvalue weighted by atomic mass is 16.3. The number of hydrogen-bond acceptors (Lipinski definition) is 10. The summed E-state index contributed by atoms with van der Waals surface area (Å²) in [5, 5.41) is 26.7. The predicted octanol–water partition coefficient (Wildman–Crippen LogP) is 1.16. The number of nitrogens with two attached hydrogens (primary N) is 1. The molecular formula is C31H35N3O8. The number of likely N-dealkylation sites (N-methyl/N-ethyl adjacent to an activating group) is 1. The Morgan fingerprint density at radius 3 is 2.50 bits per heavy atom. The van der Waals surface area contributed by atoms with E-state index in [1.54, 1.807) is 26.4 Å². The van der Waals surface area contributed by atoms with Crippen molar-refractivity contribution in [3.8, 4) is 16.9 Å².